The van der Waals surface area contributed by atoms with Crippen LogP contribution in [0, 0.1) is 0 Å². The van der Waals surface area contributed by atoms with Crippen molar-refractivity contribution < 1.29 is 22.7 Å². The number of pyridine rings is 1. The second-order valence-corrected chi connectivity index (χ2v) is 5.26. The van der Waals surface area contributed by atoms with Gasteiger partial charge in [0.25, 0.3) is 5.91 Å². The van der Waals surface area contributed by atoms with Gasteiger partial charge in [0.2, 0.25) is 0 Å². The van der Waals surface area contributed by atoms with E-state index in [2.05, 4.69) is 10.3 Å². The van der Waals surface area contributed by atoms with Gasteiger partial charge in [-0.2, -0.15) is 13.2 Å². The molecule has 0 spiro atoms. The van der Waals surface area contributed by atoms with Crippen LogP contribution in [-0.2, 0) is 10.9 Å². The van der Waals surface area contributed by atoms with Crippen LogP contribution in [0.2, 0.25) is 0 Å². The number of hydrogen-bond donors (Lipinski definition) is 2. The molecule has 0 bridgehead atoms. The Labute approximate surface area is 119 Å². The highest BCUT2D eigenvalue weighted by Crippen LogP contribution is 2.33. The molecule has 3 N–H and O–H groups in total. The maximum atomic E-state index is 12.8. The molecule has 1 fully saturated rings. The molecule has 116 valence electrons. The van der Waals surface area contributed by atoms with Crippen molar-refractivity contribution in [1.82, 2.24) is 4.98 Å². The fourth-order valence-corrected chi connectivity index (χ4v) is 2.18. The van der Waals surface area contributed by atoms with Crippen molar-refractivity contribution in [1.29, 1.82) is 0 Å². The van der Waals surface area contributed by atoms with E-state index in [1.165, 1.54) is 0 Å². The fourth-order valence-electron chi connectivity index (χ4n) is 2.18. The van der Waals surface area contributed by atoms with Crippen molar-refractivity contribution in [3.05, 3.63) is 23.4 Å². The average molecular weight is 303 g/mol. The smallest absolute Gasteiger partial charge is 0.376 e. The van der Waals surface area contributed by atoms with E-state index in [4.69, 9.17) is 10.5 Å². The third-order valence-electron chi connectivity index (χ3n) is 3.74. The molecule has 8 heteroatoms. The Morgan fingerprint density at radius 1 is 1.52 bits per heavy atom. The molecule has 21 heavy (non-hydrogen) atoms. The van der Waals surface area contributed by atoms with Gasteiger partial charge in [-0.05, 0) is 32.4 Å². The Morgan fingerprint density at radius 3 is 2.67 bits per heavy atom. The molecular weight excluding hydrogens is 287 g/mol. The molecule has 1 aliphatic heterocycles. The van der Waals surface area contributed by atoms with Crippen molar-refractivity contribution in [3.63, 3.8) is 0 Å². The molecule has 1 amide bonds. The van der Waals surface area contributed by atoms with Crippen molar-refractivity contribution in [2.45, 2.75) is 38.1 Å². The molecule has 0 aromatic carbocycles. The molecule has 5 nitrogen and oxygen atoms in total. The van der Waals surface area contributed by atoms with Crippen molar-refractivity contribution in [2.75, 3.05) is 11.9 Å². The summed E-state index contributed by atoms with van der Waals surface area (Å²) in [6, 6.07) is 1.77. The van der Waals surface area contributed by atoms with E-state index in [1.807, 2.05) is 0 Å². The molecule has 2 atom stereocenters. The Kier molecular flexibility index (Phi) is 3.83. The number of carbonyl (C=O) groups excluding carboxylic acids is 1. The predicted octanol–water partition coefficient (Wildman–Crippen LogP) is 2.18. The number of ether oxygens (including phenoxy) is 1. The minimum absolute atomic E-state index is 0.0803. The number of halogens is 3. The first-order valence-corrected chi connectivity index (χ1v) is 6.41. The van der Waals surface area contributed by atoms with Gasteiger partial charge in [-0.25, -0.2) is 4.98 Å². The predicted molar refractivity (Wildman–Crippen MR) is 69.8 cm³/mol. The molecule has 1 aliphatic rings. The number of nitrogens with two attached hydrogens (primary N) is 1. The van der Waals surface area contributed by atoms with Crippen molar-refractivity contribution >= 4 is 11.7 Å². The van der Waals surface area contributed by atoms with E-state index in [-0.39, 0.29) is 17.5 Å². The number of rotatable bonds is 3. The summed E-state index contributed by atoms with van der Waals surface area (Å²) < 4.78 is 43.7. The SMILES string of the molecule is CC1OCCC1(C)Nc1nc(C(F)(F)F)ccc1C(N)=O. The van der Waals surface area contributed by atoms with Gasteiger partial charge in [-0.15, -0.1) is 0 Å². The monoisotopic (exact) mass is 303 g/mol. The number of hydrogen-bond acceptors (Lipinski definition) is 4. The number of aromatic nitrogens is 1. The second kappa shape index (κ2) is 5.18. The number of carbonyl (C=O) groups is 1. The fraction of sp³-hybridized carbons (Fsp3) is 0.538. The zero-order chi connectivity index (χ0) is 15.8. The second-order valence-electron chi connectivity index (χ2n) is 5.26. The summed E-state index contributed by atoms with van der Waals surface area (Å²) in [6.45, 7) is 4.09. The van der Waals surface area contributed by atoms with Gasteiger partial charge >= 0.3 is 6.18 Å². The number of amides is 1. The van der Waals surface area contributed by atoms with Crippen LogP contribution in [0.15, 0.2) is 12.1 Å². The summed E-state index contributed by atoms with van der Waals surface area (Å²) >= 11 is 0. The molecule has 0 saturated carbocycles. The molecule has 0 aliphatic carbocycles. The molecular formula is C13H16F3N3O2. The van der Waals surface area contributed by atoms with Crippen LogP contribution in [0.5, 0.6) is 0 Å². The maximum Gasteiger partial charge on any atom is 0.433 e. The highest BCUT2D eigenvalue weighted by Gasteiger charge is 2.39. The van der Waals surface area contributed by atoms with Crippen LogP contribution >= 0.6 is 0 Å². The number of nitrogens with zero attached hydrogens (tertiary/aromatic N) is 1. The first kappa shape index (κ1) is 15.6. The van der Waals surface area contributed by atoms with Crippen LogP contribution in [-0.4, -0.2) is 29.1 Å². The van der Waals surface area contributed by atoms with E-state index < -0.39 is 23.3 Å². The van der Waals surface area contributed by atoms with E-state index in [0.29, 0.717) is 13.0 Å². The maximum absolute atomic E-state index is 12.8. The normalized spacial score (nSPS) is 25.9. The van der Waals surface area contributed by atoms with Crippen LogP contribution in [0.25, 0.3) is 0 Å². The van der Waals surface area contributed by atoms with Gasteiger partial charge in [0.05, 0.1) is 17.2 Å². The lowest BCUT2D eigenvalue weighted by molar-refractivity contribution is -0.141. The van der Waals surface area contributed by atoms with E-state index in [0.717, 1.165) is 12.1 Å². The summed E-state index contributed by atoms with van der Waals surface area (Å²) in [4.78, 5) is 14.9. The summed E-state index contributed by atoms with van der Waals surface area (Å²) in [6.07, 6.45) is -4.23. The third-order valence-corrected chi connectivity index (χ3v) is 3.74. The Hall–Kier alpha value is -1.83. The highest BCUT2D eigenvalue weighted by atomic mass is 19.4. The van der Waals surface area contributed by atoms with Crippen LogP contribution < -0.4 is 11.1 Å². The van der Waals surface area contributed by atoms with Gasteiger partial charge in [-0.1, -0.05) is 0 Å². The molecule has 0 radical (unpaired) electrons. The number of primary amides is 1. The third kappa shape index (κ3) is 3.10. The number of anilines is 1. The summed E-state index contributed by atoms with van der Waals surface area (Å²) in [5, 5.41) is 2.89. The minimum atomic E-state index is -4.59. The quantitative estimate of drug-likeness (QED) is 0.897. The van der Waals surface area contributed by atoms with Gasteiger partial charge in [-0.3, -0.25) is 4.79 Å². The van der Waals surface area contributed by atoms with Crippen LogP contribution in [0.4, 0.5) is 19.0 Å². The summed E-state index contributed by atoms with van der Waals surface area (Å²) in [5.41, 5.74) is 3.43. The van der Waals surface area contributed by atoms with Crippen LogP contribution in [0.1, 0.15) is 36.3 Å². The van der Waals surface area contributed by atoms with Gasteiger partial charge in [0.1, 0.15) is 11.5 Å². The first-order valence-electron chi connectivity index (χ1n) is 6.41. The van der Waals surface area contributed by atoms with Crippen molar-refractivity contribution in [3.8, 4) is 0 Å². The van der Waals surface area contributed by atoms with Gasteiger partial charge < -0.3 is 15.8 Å². The Bertz CT molecular complexity index is 562. The minimum Gasteiger partial charge on any atom is -0.376 e. The topological polar surface area (TPSA) is 77.2 Å². The van der Waals surface area contributed by atoms with E-state index >= 15 is 0 Å². The summed E-state index contributed by atoms with van der Waals surface area (Å²) in [7, 11) is 0. The number of nitrogens with one attached hydrogen (secondary N) is 1. The Morgan fingerprint density at radius 2 is 2.19 bits per heavy atom. The molecule has 1 aromatic heterocycles. The largest absolute Gasteiger partial charge is 0.433 e. The summed E-state index contributed by atoms with van der Waals surface area (Å²) in [5.74, 6) is -1.01. The highest BCUT2D eigenvalue weighted by molar-refractivity contribution is 5.97. The average Bonchev–Trinajstić information content (AvgIpc) is 2.67. The zero-order valence-corrected chi connectivity index (χ0v) is 11.6. The standard InChI is InChI=1S/C13H16F3N3O2/c1-7-12(2,5-6-21-7)19-11-8(10(17)20)3-4-9(18-11)13(14,15)16/h3-4,7H,5-6H2,1-2H3,(H2,17,20)(H,18,19). The lowest BCUT2D eigenvalue weighted by Gasteiger charge is -2.30. The molecule has 1 saturated heterocycles. The molecule has 2 unspecified atom stereocenters. The lowest BCUT2D eigenvalue weighted by Crippen LogP contribution is -2.42. The molecule has 1 aromatic rings. The van der Waals surface area contributed by atoms with E-state index in [1.54, 1.807) is 13.8 Å². The van der Waals surface area contributed by atoms with E-state index in [9.17, 15) is 18.0 Å². The number of alkyl halides is 3. The first-order chi connectivity index (χ1) is 9.63. The van der Waals surface area contributed by atoms with Crippen LogP contribution in [0.3, 0.4) is 0 Å². The Balaban J connectivity index is 2.42. The molecule has 2 heterocycles. The van der Waals surface area contributed by atoms with Gasteiger partial charge in [0, 0.05) is 6.61 Å². The molecule has 2 rings (SSSR count). The lowest BCUT2D eigenvalue weighted by atomic mass is 9.94. The zero-order valence-electron chi connectivity index (χ0n) is 11.6. The van der Waals surface area contributed by atoms with Gasteiger partial charge in [0.15, 0.2) is 0 Å². The van der Waals surface area contributed by atoms with Crippen molar-refractivity contribution in [2.24, 2.45) is 5.73 Å².